The van der Waals surface area contributed by atoms with Gasteiger partial charge in [-0.1, -0.05) is 0 Å². The number of aliphatic hydroxyl groups excluding tert-OH is 2. The van der Waals surface area contributed by atoms with Crippen molar-refractivity contribution < 1.29 is 44.4 Å². The molecule has 0 spiro atoms. The van der Waals surface area contributed by atoms with E-state index in [0.29, 0.717) is 0 Å². The summed E-state index contributed by atoms with van der Waals surface area (Å²) >= 11 is 0. The predicted molar refractivity (Wildman–Crippen MR) is 117 cm³/mol. The fourth-order valence-corrected chi connectivity index (χ4v) is 2.58. The van der Waals surface area contributed by atoms with Gasteiger partial charge >= 0.3 is 11.9 Å². The van der Waals surface area contributed by atoms with Crippen LogP contribution in [-0.4, -0.2) is 99.5 Å². The maximum absolute atomic E-state index is 12.7. The maximum Gasteiger partial charge on any atom is 0.326 e. The number of hydrogen-bond donors (Lipinski definition) is 10. The van der Waals surface area contributed by atoms with Crippen molar-refractivity contribution in [1.29, 1.82) is 0 Å². The molecule has 0 aromatic rings. The standard InChI is InChI=1S/C18H33N7O9/c1-8(27)13(25-14(30)9(19)7-26)16(32)23-10(4-5-12(28)29)15(31)24-11(17(33)34)3-2-6-22-18(20)21/h8-11,13,26-27H,2-7,19H2,1H3,(H,23,32)(H,24,31)(H,25,30)(H,28,29)(H,33,34)(H4,20,21,22). The number of nitrogens with two attached hydrogens (primary N) is 3. The van der Waals surface area contributed by atoms with E-state index in [1.807, 2.05) is 0 Å². The van der Waals surface area contributed by atoms with E-state index in [0.717, 1.165) is 0 Å². The van der Waals surface area contributed by atoms with Gasteiger partial charge in [-0.25, -0.2) is 4.79 Å². The van der Waals surface area contributed by atoms with E-state index >= 15 is 0 Å². The Morgan fingerprint density at radius 2 is 1.50 bits per heavy atom. The van der Waals surface area contributed by atoms with Gasteiger partial charge in [0.2, 0.25) is 17.7 Å². The molecule has 0 radical (unpaired) electrons. The quantitative estimate of drug-likeness (QED) is 0.0552. The van der Waals surface area contributed by atoms with Gasteiger partial charge in [0, 0.05) is 13.0 Å². The Morgan fingerprint density at radius 3 is 1.97 bits per heavy atom. The molecule has 0 aliphatic heterocycles. The highest BCUT2D eigenvalue weighted by Gasteiger charge is 2.32. The highest BCUT2D eigenvalue weighted by Crippen LogP contribution is 2.05. The number of aliphatic carboxylic acids is 2. The van der Waals surface area contributed by atoms with E-state index in [9.17, 15) is 34.2 Å². The molecule has 13 N–H and O–H groups in total. The Labute approximate surface area is 194 Å². The first-order valence-electron chi connectivity index (χ1n) is 10.3. The van der Waals surface area contributed by atoms with Gasteiger partial charge in [-0.3, -0.25) is 24.2 Å². The Balaban J connectivity index is 5.43. The van der Waals surface area contributed by atoms with Crippen molar-refractivity contribution in [3.63, 3.8) is 0 Å². The Bertz CT molecular complexity index is 756. The van der Waals surface area contributed by atoms with Gasteiger partial charge in [0.25, 0.3) is 0 Å². The fourth-order valence-electron chi connectivity index (χ4n) is 2.58. The minimum Gasteiger partial charge on any atom is -0.481 e. The molecule has 0 heterocycles. The lowest BCUT2D eigenvalue weighted by Gasteiger charge is -2.26. The molecule has 0 saturated carbocycles. The summed E-state index contributed by atoms with van der Waals surface area (Å²) in [6.45, 7) is 0.536. The van der Waals surface area contributed by atoms with Crippen LogP contribution in [-0.2, 0) is 24.0 Å². The molecule has 194 valence electrons. The van der Waals surface area contributed by atoms with Crippen LogP contribution in [0.3, 0.4) is 0 Å². The number of carboxylic acids is 2. The number of hydrogen-bond acceptors (Lipinski definition) is 9. The first-order valence-corrected chi connectivity index (χ1v) is 10.3. The molecule has 0 aromatic heterocycles. The first kappa shape index (κ1) is 30.5. The number of carbonyl (C=O) groups excluding carboxylic acids is 3. The lowest BCUT2D eigenvalue weighted by molar-refractivity contribution is -0.143. The number of amides is 3. The minimum atomic E-state index is -1.60. The number of rotatable bonds is 16. The third kappa shape index (κ3) is 11.9. The molecule has 0 bridgehead atoms. The summed E-state index contributed by atoms with van der Waals surface area (Å²) in [4.78, 5) is 63.3. The summed E-state index contributed by atoms with van der Waals surface area (Å²) in [5, 5.41) is 43.6. The molecule has 0 aromatic carbocycles. The Kier molecular flexibility index (Phi) is 13.8. The van der Waals surface area contributed by atoms with Gasteiger partial charge in [0.15, 0.2) is 5.96 Å². The summed E-state index contributed by atoms with van der Waals surface area (Å²) in [5.74, 6) is -5.86. The van der Waals surface area contributed by atoms with Crippen molar-refractivity contribution >= 4 is 35.6 Å². The van der Waals surface area contributed by atoms with Crippen LogP contribution >= 0.6 is 0 Å². The van der Waals surface area contributed by atoms with Gasteiger partial charge in [-0.05, 0) is 26.2 Å². The molecule has 0 aliphatic carbocycles. The van der Waals surface area contributed by atoms with Crippen molar-refractivity contribution in [2.45, 2.75) is 62.9 Å². The fraction of sp³-hybridized carbons (Fsp3) is 0.667. The molecule has 5 unspecified atom stereocenters. The molecule has 5 atom stereocenters. The maximum atomic E-state index is 12.7. The molecule has 16 heteroatoms. The van der Waals surface area contributed by atoms with Crippen LogP contribution in [0.25, 0.3) is 0 Å². The summed E-state index contributed by atoms with van der Waals surface area (Å²) in [5.41, 5.74) is 15.7. The molecule has 34 heavy (non-hydrogen) atoms. The zero-order chi connectivity index (χ0) is 26.4. The lowest BCUT2D eigenvalue weighted by Crippen LogP contribution is -2.60. The van der Waals surface area contributed by atoms with Crippen LogP contribution in [0.15, 0.2) is 4.99 Å². The number of nitrogens with zero attached hydrogens (tertiary/aromatic N) is 1. The van der Waals surface area contributed by atoms with E-state index in [2.05, 4.69) is 20.9 Å². The monoisotopic (exact) mass is 491 g/mol. The van der Waals surface area contributed by atoms with Crippen molar-refractivity contribution in [3.05, 3.63) is 0 Å². The average Bonchev–Trinajstić information content (AvgIpc) is 2.74. The zero-order valence-electron chi connectivity index (χ0n) is 18.6. The molecule has 0 aliphatic rings. The number of nitrogens with one attached hydrogen (secondary N) is 3. The second-order valence-electron chi connectivity index (χ2n) is 7.36. The van der Waals surface area contributed by atoms with Crippen LogP contribution < -0.4 is 33.2 Å². The van der Waals surface area contributed by atoms with Gasteiger partial charge in [0.05, 0.1) is 12.7 Å². The van der Waals surface area contributed by atoms with Crippen molar-refractivity contribution in [2.24, 2.45) is 22.2 Å². The van der Waals surface area contributed by atoms with Crippen LogP contribution in [0.4, 0.5) is 0 Å². The van der Waals surface area contributed by atoms with Crippen LogP contribution in [0.2, 0.25) is 0 Å². The highest BCUT2D eigenvalue weighted by molar-refractivity contribution is 5.94. The van der Waals surface area contributed by atoms with E-state index in [1.165, 1.54) is 6.92 Å². The molecule has 0 rings (SSSR count). The molecular formula is C18H33N7O9. The normalized spacial score (nSPS) is 15.1. The second kappa shape index (κ2) is 15.4. The number of carboxylic acid groups (broad SMARTS) is 2. The average molecular weight is 492 g/mol. The summed E-state index contributed by atoms with van der Waals surface area (Å²) in [6, 6.07) is -5.87. The summed E-state index contributed by atoms with van der Waals surface area (Å²) in [7, 11) is 0. The Morgan fingerprint density at radius 1 is 0.912 bits per heavy atom. The first-order chi connectivity index (χ1) is 15.8. The zero-order valence-corrected chi connectivity index (χ0v) is 18.6. The number of guanidine groups is 1. The van der Waals surface area contributed by atoms with Gasteiger partial charge in [-0.2, -0.15) is 0 Å². The molecule has 3 amide bonds. The summed E-state index contributed by atoms with van der Waals surface area (Å²) < 4.78 is 0. The second-order valence-corrected chi connectivity index (χ2v) is 7.36. The largest absolute Gasteiger partial charge is 0.481 e. The third-order valence-corrected chi connectivity index (χ3v) is 4.44. The molecule has 16 nitrogen and oxygen atoms in total. The SMILES string of the molecule is CC(O)C(NC(=O)C(N)CO)C(=O)NC(CCC(=O)O)C(=O)NC(CCCN=C(N)N)C(=O)O. The van der Waals surface area contributed by atoms with Crippen molar-refractivity contribution in [2.75, 3.05) is 13.2 Å². The minimum absolute atomic E-state index is 0.0666. The van der Waals surface area contributed by atoms with Crippen molar-refractivity contribution in [1.82, 2.24) is 16.0 Å². The Hall–Kier alpha value is -3.50. The van der Waals surface area contributed by atoms with Crippen LogP contribution in [0.5, 0.6) is 0 Å². The number of carbonyl (C=O) groups is 5. The van der Waals surface area contributed by atoms with E-state index in [1.54, 1.807) is 0 Å². The smallest absolute Gasteiger partial charge is 0.326 e. The van der Waals surface area contributed by atoms with Crippen LogP contribution in [0, 0.1) is 0 Å². The third-order valence-electron chi connectivity index (χ3n) is 4.44. The number of aliphatic hydroxyl groups is 2. The predicted octanol–water partition coefficient (Wildman–Crippen LogP) is -4.86. The molecule has 0 saturated heterocycles. The van der Waals surface area contributed by atoms with Gasteiger partial charge in [0.1, 0.15) is 24.2 Å². The van der Waals surface area contributed by atoms with Crippen molar-refractivity contribution in [3.8, 4) is 0 Å². The summed E-state index contributed by atoms with van der Waals surface area (Å²) in [6.07, 6.45) is -2.29. The van der Waals surface area contributed by atoms with Crippen LogP contribution in [0.1, 0.15) is 32.6 Å². The molecular weight excluding hydrogens is 458 g/mol. The van der Waals surface area contributed by atoms with E-state index in [-0.39, 0.29) is 25.3 Å². The van der Waals surface area contributed by atoms with E-state index < -0.39 is 79.4 Å². The highest BCUT2D eigenvalue weighted by atomic mass is 16.4. The molecule has 0 fully saturated rings. The van der Waals surface area contributed by atoms with E-state index in [4.69, 9.17) is 27.4 Å². The topological polar surface area (TPSA) is 293 Å². The van der Waals surface area contributed by atoms with Gasteiger partial charge < -0.3 is 53.6 Å². The van der Waals surface area contributed by atoms with Gasteiger partial charge in [-0.15, -0.1) is 0 Å². The number of aliphatic imine (C=N–C) groups is 1. The lowest BCUT2D eigenvalue weighted by atomic mass is 10.1.